The third-order valence-electron chi connectivity index (χ3n) is 2.56. The average Bonchev–Trinajstić information content (AvgIpc) is 2.90. The zero-order chi connectivity index (χ0) is 14.8. The van der Waals surface area contributed by atoms with Crippen molar-refractivity contribution >= 4 is 15.7 Å². The number of benzene rings is 1. The summed E-state index contributed by atoms with van der Waals surface area (Å²) in [6.45, 7) is 0.143. The average molecular weight is 302 g/mol. The first-order chi connectivity index (χ1) is 9.42. The topological polar surface area (TPSA) is 71.3 Å². The predicted molar refractivity (Wildman–Crippen MR) is 68.6 cm³/mol. The molecule has 1 heterocycles. The van der Waals surface area contributed by atoms with Gasteiger partial charge in [-0.1, -0.05) is 0 Å². The Morgan fingerprint density at radius 2 is 1.90 bits per heavy atom. The number of sulfonamides is 1. The van der Waals surface area contributed by atoms with Crippen molar-refractivity contribution in [2.24, 2.45) is 0 Å². The zero-order valence-electron chi connectivity index (χ0n) is 10.5. The molecule has 0 unspecified atom stereocenters. The number of hydrogen-bond acceptors (Lipinski definition) is 4. The van der Waals surface area contributed by atoms with Gasteiger partial charge >= 0.3 is 0 Å². The highest BCUT2D eigenvalue weighted by molar-refractivity contribution is 7.89. The van der Waals surface area contributed by atoms with Gasteiger partial charge < -0.3 is 9.73 Å². The molecule has 0 radical (unpaired) electrons. The molecule has 0 amide bonds. The maximum atomic E-state index is 13.0. The molecule has 108 valence electrons. The molecule has 0 aliphatic heterocycles. The molecule has 0 spiro atoms. The van der Waals surface area contributed by atoms with Gasteiger partial charge in [-0.25, -0.2) is 21.9 Å². The monoisotopic (exact) mass is 302 g/mol. The molecule has 0 atom stereocenters. The van der Waals surface area contributed by atoms with Gasteiger partial charge in [0.15, 0.2) is 11.6 Å². The first kappa shape index (κ1) is 14.5. The Bertz CT molecular complexity index is 713. The Kier molecular flexibility index (Phi) is 4.05. The van der Waals surface area contributed by atoms with E-state index in [1.54, 1.807) is 0 Å². The van der Waals surface area contributed by atoms with Gasteiger partial charge in [0.05, 0.1) is 6.54 Å². The third-order valence-corrected chi connectivity index (χ3v) is 3.84. The van der Waals surface area contributed by atoms with E-state index in [0.29, 0.717) is 11.4 Å². The van der Waals surface area contributed by atoms with E-state index in [9.17, 15) is 17.2 Å². The molecule has 8 heteroatoms. The molecule has 0 aliphatic rings. The maximum Gasteiger partial charge on any atom is 0.273 e. The van der Waals surface area contributed by atoms with Gasteiger partial charge in [0.1, 0.15) is 5.76 Å². The summed E-state index contributed by atoms with van der Waals surface area (Å²) in [6.07, 6.45) is 0. The summed E-state index contributed by atoms with van der Waals surface area (Å²) in [5, 5.41) is 2.59. The third kappa shape index (κ3) is 3.14. The molecule has 1 aromatic heterocycles. The van der Waals surface area contributed by atoms with Crippen LogP contribution in [0.5, 0.6) is 0 Å². The number of furan rings is 1. The number of nitrogens with one attached hydrogen (secondary N) is 2. The fourth-order valence-corrected chi connectivity index (χ4v) is 2.16. The van der Waals surface area contributed by atoms with E-state index in [-0.39, 0.29) is 11.6 Å². The second-order valence-corrected chi connectivity index (χ2v) is 5.73. The summed E-state index contributed by atoms with van der Waals surface area (Å²) < 4.78 is 55.9. The Hall–Kier alpha value is -1.93. The van der Waals surface area contributed by atoms with Crippen LogP contribution >= 0.6 is 0 Å². The van der Waals surface area contributed by atoms with Crippen LogP contribution in [0.4, 0.5) is 14.5 Å². The number of anilines is 1. The molecule has 0 bridgehead atoms. The van der Waals surface area contributed by atoms with Crippen molar-refractivity contribution in [2.45, 2.75) is 11.6 Å². The van der Waals surface area contributed by atoms with Gasteiger partial charge in [0.2, 0.25) is 5.09 Å². The molecule has 5 nitrogen and oxygen atoms in total. The van der Waals surface area contributed by atoms with Crippen LogP contribution in [0.3, 0.4) is 0 Å². The largest absolute Gasteiger partial charge is 0.446 e. The van der Waals surface area contributed by atoms with Crippen LogP contribution < -0.4 is 10.0 Å². The van der Waals surface area contributed by atoms with E-state index in [0.717, 1.165) is 12.1 Å². The molecule has 0 saturated heterocycles. The van der Waals surface area contributed by atoms with Gasteiger partial charge in [-0.05, 0) is 31.3 Å². The highest BCUT2D eigenvalue weighted by Crippen LogP contribution is 2.17. The molecule has 2 aromatic rings. The van der Waals surface area contributed by atoms with E-state index in [1.165, 1.54) is 25.2 Å². The second kappa shape index (κ2) is 5.59. The van der Waals surface area contributed by atoms with Crippen molar-refractivity contribution in [1.29, 1.82) is 0 Å². The van der Waals surface area contributed by atoms with Crippen molar-refractivity contribution in [3.8, 4) is 0 Å². The lowest BCUT2D eigenvalue weighted by Crippen LogP contribution is -2.17. The van der Waals surface area contributed by atoms with Crippen LogP contribution in [0.1, 0.15) is 5.76 Å². The predicted octanol–water partition coefficient (Wildman–Crippen LogP) is 2.08. The SMILES string of the molecule is CNS(=O)(=O)c1ccc(CNc2ccc(F)c(F)c2)o1. The first-order valence-electron chi connectivity index (χ1n) is 5.63. The molecule has 20 heavy (non-hydrogen) atoms. The lowest BCUT2D eigenvalue weighted by molar-refractivity contribution is 0.417. The number of hydrogen-bond donors (Lipinski definition) is 2. The normalized spacial score (nSPS) is 11.6. The van der Waals surface area contributed by atoms with Gasteiger partial charge in [-0.3, -0.25) is 0 Å². The van der Waals surface area contributed by atoms with E-state index in [1.807, 2.05) is 0 Å². The minimum absolute atomic E-state index is 0.143. The minimum atomic E-state index is -3.63. The summed E-state index contributed by atoms with van der Waals surface area (Å²) in [5.41, 5.74) is 0.360. The van der Waals surface area contributed by atoms with Crippen LogP contribution in [-0.2, 0) is 16.6 Å². The van der Waals surface area contributed by atoms with Crippen molar-refractivity contribution in [3.05, 3.63) is 47.7 Å². The molecule has 0 saturated carbocycles. The van der Waals surface area contributed by atoms with Crippen LogP contribution in [0.2, 0.25) is 0 Å². The van der Waals surface area contributed by atoms with Crippen molar-refractivity contribution in [2.75, 3.05) is 12.4 Å². The quantitative estimate of drug-likeness (QED) is 0.887. The Balaban J connectivity index is 2.06. The molecule has 2 rings (SSSR count). The summed E-state index contributed by atoms with van der Waals surface area (Å²) in [4.78, 5) is 0. The maximum absolute atomic E-state index is 13.0. The van der Waals surface area contributed by atoms with Crippen molar-refractivity contribution in [1.82, 2.24) is 4.72 Å². The molecular formula is C12H12F2N2O3S. The molecule has 1 aromatic carbocycles. The van der Waals surface area contributed by atoms with Gasteiger partial charge in [0.25, 0.3) is 10.0 Å². The summed E-state index contributed by atoms with van der Waals surface area (Å²) in [7, 11) is -2.35. The highest BCUT2D eigenvalue weighted by Gasteiger charge is 2.16. The molecular weight excluding hydrogens is 290 g/mol. The summed E-state index contributed by atoms with van der Waals surface area (Å²) in [5.74, 6) is -1.55. The van der Waals surface area contributed by atoms with Crippen LogP contribution in [0, 0.1) is 11.6 Å². The van der Waals surface area contributed by atoms with Gasteiger partial charge in [0, 0.05) is 11.8 Å². The van der Waals surface area contributed by atoms with Crippen LogP contribution in [-0.4, -0.2) is 15.5 Å². The first-order valence-corrected chi connectivity index (χ1v) is 7.12. The molecule has 0 aliphatic carbocycles. The number of rotatable bonds is 5. The minimum Gasteiger partial charge on any atom is -0.446 e. The van der Waals surface area contributed by atoms with E-state index >= 15 is 0 Å². The fraction of sp³-hybridized carbons (Fsp3) is 0.167. The van der Waals surface area contributed by atoms with Crippen LogP contribution in [0.15, 0.2) is 39.8 Å². The van der Waals surface area contributed by atoms with Gasteiger partial charge in [-0.2, -0.15) is 0 Å². The number of halogens is 2. The highest BCUT2D eigenvalue weighted by atomic mass is 32.2. The van der Waals surface area contributed by atoms with Crippen molar-refractivity contribution < 1.29 is 21.6 Å². The lowest BCUT2D eigenvalue weighted by atomic mass is 10.3. The summed E-state index contributed by atoms with van der Waals surface area (Å²) >= 11 is 0. The second-order valence-electron chi connectivity index (χ2n) is 3.91. The van der Waals surface area contributed by atoms with E-state index in [4.69, 9.17) is 4.42 Å². The van der Waals surface area contributed by atoms with Crippen LogP contribution in [0.25, 0.3) is 0 Å². The fourth-order valence-electron chi connectivity index (χ4n) is 1.49. The van der Waals surface area contributed by atoms with Crippen molar-refractivity contribution in [3.63, 3.8) is 0 Å². The van der Waals surface area contributed by atoms with E-state index < -0.39 is 21.7 Å². The molecule has 0 fully saturated rings. The van der Waals surface area contributed by atoms with E-state index in [2.05, 4.69) is 10.0 Å². The Morgan fingerprint density at radius 1 is 1.15 bits per heavy atom. The lowest BCUT2D eigenvalue weighted by Gasteiger charge is -2.04. The zero-order valence-corrected chi connectivity index (χ0v) is 11.3. The smallest absolute Gasteiger partial charge is 0.273 e. The Labute approximate surface area is 114 Å². The summed E-state index contributed by atoms with van der Waals surface area (Å²) in [6, 6.07) is 6.16. The van der Waals surface area contributed by atoms with Gasteiger partial charge in [-0.15, -0.1) is 0 Å². The standard InChI is InChI=1S/C12H12F2N2O3S/c1-15-20(17,18)12-5-3-9(19-12)7-16-8-2-4-10(13)11(14)6-8/h2-6,15-16H,7H2,1H3. The Morgan fingerprint density at radius 3 is 2.55 bits per heavy atom. The molecule has 2 N–H and O–H groups in total.